The average Bonchev–Trinajstić information content (AvgIpc) is 2.38. The highest BCUT2D eigenvalue weighted by atomic mass is 35.5. The molecule has 2 rings (SSSR count). The van der Waals surface area contributed by atoms with Crippen LogP contribution in [0.5, 0.6) is 0 Å². The first-order valence-electron chi connectivity index (χ1n) is 6.46. The molecule has 0 bridgehead atoms. The maximum Gasteiger partial charge on any atom is 0.391 e. The van der Waals surface area contributed by atoms with Crippen LogP contribution in [0.4, 0.5) is 13.2 Å². The van der Waals surface area contributed by atoms with Crippen molar-refractivity contribution in [3.8, 4) is 0 Å². The minimum Gasteiger partial charge on any atom is -0.324 e. The summed E-state index contributed by atoms with van der Waals surface area (Å²) in [5, 5.41) is 0.532. The van der Waals surface area contributed by atoms with Gasteiger partial charge in [0.25, 0.3) is 0 Å². The lowest BCUT2D eigenvalue weighted by Crippen LogP contribution is -2.33. The van der Waals surface area contributed by atoms with Crippen molar-refractivity contribution in [2.75, 3.05) is 0 Å². The molecule has 19 heavy (non-hydrogen) atoms. The van der Waals surface area contributed by atoms with Gasteiger partial charge in [-0.25, -0.2) is 0 Å². The van der Waals surface area contributed by atoms with Gasteiger partial charge in [-0.05, 0) is 36.8 Å². The minimum atomic E-state index is -4.11. The van der Waals surface area contributed by atoms with Gasteiger partial charge in [-0.15, -0.1) is 0 Å². The first-order chi connectivity index (χ1) is 8.89. The first kappa shape index (κ1) is 14.7. The van der Waals surface area contributed by atoms with Crippen LogP contribution in [-0.4, -0.2) is 6.18 Å². The van der Waals surface area contributed by atoms with Gasteiger partial charge in [0.05, 0.1) is 5.92 Å². The molecule has 5 heteroatoms. The second-order valence-electron chi connectivity index (χ2n) is 5.21. The molecular formula is C14H17ClF3N. The standard InChI is InChI=1S/C14H17ClF3N/c15-12-7-2-1-6-11(12)13(19)9-4-3-5-10(8-9)14(16,17)18/h1-2,6-7,9-10,13H,3-5,8,19H2. The molecule has 2 N–H and O–H groups in total. The molecule has 0 aromatic heterocycles. The summed E-state index contributed by atoms with van der Waals surface area (Å²) < 4.78 is 38.4. The Morgan fingerprint density at radius 1 is 1.21 bits per heavy atom. The zero-order valence-corrected chi connectivity index (χ0v) is 11.2. The normalized spacial score (nSPS) is 26.2. The maximum absolute atomic E-state index is 12.8. The van der Waals surface area contributed by atoms with E-state index in [9.17, 15) is 13.2 Å². The molecule has 1 fully saturated rings. The molecule has 1 aromatic carbocycles. The Hall–Kier alpha value is -0.740. The number of nitrogens with two attached hydrogens (primary N) is 1. The fourth-order valence-corrected chi connectivity index (χ4v) is 3.11. The van der Waals surface area contributed by atoms with E-state index in [0.717, 1.165) is 12.0 Å². The Balaban J connectivity index is 2.12. The Morgan fingerprint density at radius 3 is 2.53 bits per heavy atom. The van der Waals surface area contributed by atoms with Gasteiger partial charge in [-0.2, -0.15) is 13.2 Å². The maximum atomic E-state index is 12.8. The van der Waals surface area contributed by atoms with E-state index >= 15 is 0 Å². The molecule has 106 valence electrons. The smallest absolute Gasteiger partial charge is 0.324 e. The van der Waals surface area contributed by atoms with Gasteiger partial charge in [-0.3, -0.25) is 0 Å². The molecule has 0 heterocycles. The quantitative estimate of drug-likeness (QED) is 0.839. The molecule has 0 spiro atoms. The lowest BCUT2D eigenvalue weighted by Gasteiger charge is -2.34. The third-order valence-electron chi connectivity index (χ3n) is 3.95. The van der Waals surface area contributed by atoms with E-state index in [1.165, 1.54) is 0 Å². The van der Waals surface area contributed by atoms with Gasteiger partial charge in [-0.1, -0.05) is 36.2 Å². The van der Waals surface area contributed by atoms with E-state index in [2.05, 4.69) is 0 Å². The summed E-state index contributed by atoms with van der Waals surface area (Å²) in [6.07, 6.45) is -2.48. The van der Waals surface area contributed by atoms with Gasteiger partial charge >= 0.3 is 6.18 Å². The Kier molecular flexibility index (Phi) is 4.41. The summed E-state index contributed by atoms with van der Waals surface area (Å²) in [4.78, 5) is 0. The number of hydrogen-bond donors (Lipinski definition) is 1. The predicted molar refractivity (Wildman–Crippen MR) is 69.9 cm³/mol. The molecule has 1 aromatic rings. The van der Waals surface area contributed by atoms with Crippen molar-refractivity contribution in [1.29, 1.82) is 0 Å². The topological polar surface area (TPSA) is 26.0 Å². The second kappa shape index (κ2) is 5.71. The molecule has 3 atom stereocenters. The van der Waals surface area contributed by atoms with Crippen molar-refractivity contribution in [2.45, 2.75) is 37.9 Å². The lowest BCUT2D eigenvalue weighted by molar-refractivity contribution is -0.186. The number of benzene rings is 1. The Morgan fingerprint density at radius 2 is 1.89 bits per heavy atom. The molecule has 0 radical (unpaired) electrons. The van der Waals surface area contributed by atoms with Crippen molar-refractivity contribution >= 4 is 11.6 Å². The summed E-state index contributed by atoms with van der Waals surface area (Å²) in [6.45, 7) is 0. The summed E-state index contributed by atoms with van der Waals surface area (Å²) in [5.74, 6) is -1.37. The molecule has 3 unspecified atom stereocenters. The van der Waals surface area contributed by atoms with Crippen LogP contribution in [0.2, 0.25) is 5.02 Å². The molecular weight excluding hydrogens is 275 g/mol. The van der Waals surface area contributed by atoms with E-state index in [4.69, 9.17) is 17.3 Å². The number of halogens is 4. The van der Waals surface area contributed by atoms with Crippen LogP contribution >= 0.6 is 11.6 Å². The SMILES string of the molecule is NC(c1ccccc1Cl)C1CCCC(C(F)(F)F)C1. The van der Waals surface area contributed by atoms with Crippen molar-refractivity contribution in [3.63, 3.8) is 0 Å². The van der Waals surface area contributed by atoms with Crippen LogP contribution in [0, 0.1) is 11.8 Å². The molecule has 1 aliphatic rings. The zero-order chi connectivity index (χ0) is 14.0. The van der Waals surface area contributed by atoms with Crippen molar-refractivity contribution < 1.29 is 13.2 Å². The third kappa shape index (κ3) is 3.42. The summed E-state index contributed by atoms with van der Waals surface area (Å²) in [6, 6.07) is 6.70. The Bertz CT molecular complexity index is 433. The van der Waals surface area contributed by atoms with Crippen molar-refractivity contribution in [3.05, 3.63) is 34.9 Å². The summed E-state index contributed by atoms with van der Waals surface area (Å²) >= 11 is 6.06. The highest BCUT2D eigenvalue weighted by molar-refractivity contribution is 6.31. The van der Waals surface area contributed by atoms with Crippen LogP contribution < -0.4 is 5.73 Å². The highest BCUT2D eigenvalue weighted by Crippen LogP contribution is 2.43. The zero-order valence-electron chi connectivity index (χ0n) is 10.5. The van der Waals surface area contributed by atoms with Crippen LogP contribution in [0.3, 0.4) is 0 Å². The molecule has 0 amide bonds. The number of alkyl halides is 3. The monoisotopic (exact) mass is 291 g/mol. The Labute approximate surface area is 115 Å². The van der Waals surface area contributed by atoms with Gasteiger partial charge in [0.2, 0.25) is 0 Å². The van der Waals surface area contributed by atoms with E-state index in [-0.39, 0.29) is 18.8 Å². The van der Waals surface area contributed by atoms with E-state index in [1.807, 2.05) is 6.07 Å². The van der Waals surface area contributed by atoms with Gasteiger partial charge < -0.3 is 5.73 Å². The third-order valence-corrected chi connectivity index (χ3v) is 4.29. The summed E-state index contributed by atoms with van der Waals surface area (Å²) in [5.41, 5.74) is 6.87. The predicted octanol–water partition coefficient (Wildman–Crippen LogP) is 4.71. The molecule has 0 aliphatic heterocycles. The van der Waals surface area contributed by atoms with Crippen molar-refractivity contribution in [1.82, 2.24) is 0 Å². The first-order valence-corrected chi connectivity index (χ1v) is 6.84. The van der Waals surface area contributed by atoms with Gasteiger partial charge in [0.15, 0.2) is 0 Å². The van der Waals surface area contributed by atoms with Gasteiger partial charge in [0.1, 0.15) is 0 Å². The average molecular weight is 292 g/mol. The van der Waals surface area contributed by atoms with Gasteiger partial charge in [0, 0.05) is 11.1 Å². The van der Waals surface area contributed by atoms with E-state index < -0.39 is 18.1 Å². The number of hydrogen-bond acceptors (Lipinski definition) is 1. The van der Waals surface area contributed by atoms with Crippen LogP contribution in [0.15, 0.2) is 24.3 Å². The highest BCUT2D eigenvalue weighted by Gasteiger charge is 2.43. The van der Waals surface area contributed by atoms with Crippen LogP contribution in [-0.2, 0) is 0 Å². The van der Waals surface area contributed by atoms with E-state index in [1.54, 1.807) is 18.2 Å². The van der Waals surface area contributed by atoms with Crippen LogP contribution in [0.1, 0.15) is 37.3 Å². The molecule has 1 saturated carbocycles. The number of rotatable bonds is 2. The molecule has 1 nitrogen and oxygen atoms in total. The largest absolute Gasteiger partial charge is 0.391 e. The van der Waals surface area contributed by atoms with Crippen molar-refractivity contribution in [2.24, 2.45) is 17.6 Å². The van der Waals surface area contributed by atoms with E-state index in [0.29, 0.717) is 11.4 Å². The fraction of sp³-hybridized carbons (Fsp3) is 0.571. The fourth-order valence-electron chi connectivity index (χ4n) is 2.85. The summed E-state index contributed by atoms with van der Waals surface area (Å²) in [7, 11) is 0. The lowest BCUT2D eigenvalue weighted by atomic mass is 9.76. The second-order valence-corrected chi connectivity index (χ2v) is 5.62. The molecule has 0 saturated heterocycles. The molecule has 1 aliphatic carbocycles. The van der Waals surface area contributed by atoms with Crippen LogP contribution in [0.25, 0.3) is 0 Å². The minimum absolute atomic E-state index is 0.107.